The zero-order valence-electron chi connectivity index (χ0n) is 13.9. The quantitative estimate of drug-likeness (QED) is 0.210. The Morgan fingerprint density at radius 2 is 1.55 bits per heavy atom. The van der Waals surface area contributed by atoms with Crippen LogP contribution in [0.5, 0.6) is 0 Å². The van der Waals surface area contributed by atoms with Gasteiger partial charge in [0.25, 0.3) is 0 Å². The van der Waals surface area contributed by atoms with Crippen LogP contribution in [0.15, 0.2) is 42.5 Å². The van der Waals surface area contributed by atoms with Crippen LogP contribution in [0.2, 0.25) is 0 Å². The van der Waals surface area contributed by atoms with Crippen molar-refractivity contribution < 1.29 is 63.1 Å². The molecule has 0 bridgehead atoms. The molecular weight excluding hydrogens is 520 g/mol. The molecule has 0 fully saturated rings. The van der Waals surface area contributed by atoms with Crippen LogP contribution in [-0.4, -0.2) is 19.5 Å². The molecule has 0 aromatic heterocycles. The normalized spacial score (nSPS) is 9.36. The van der Waals surface area contributed by atoms with E-state index in [9.17, 15) is 0 Å². The molecular formula is C17H25Cl3HfP-. The van der Waals surface area contributed by atoms with Crippen molar-refractivity contribution in [3.8, 4) is 0 Å². The van der Waals surface area contributed by atoms with Crippen LogP contribution in [0.25, 0.3) is 10.8 Å². The number of benzene rings is 1. The molecule has 0 saturated carbocycles. The molecule has 0 heterocycles. The first-order chi connectivity index (χ1) is 8.38. The van der Waals surface area contributed by atoms with Crippen molar-refractivity contribution >= 4 is 18.7 Å². The Labute approximate surface area is 175 Å². The smallest absolute Gasteiger partial charge is 1.00 e. The van der Waals surface area contributed by atoms with E-state index in [-0.39, 0.29) is 71.0 Å². The third kappa shape index (κ3) is 14.6. The number of hydrogen-bond donors (Lipinski definition) is 0. The molecule has 0 unspecified atom stereocenters. The fourth-order valence-corrected chi connectivity index (χ4v) is 2.44. The van der Waals surface area contributed by atoms with Gasteiger partial charge in [0, 0.05) is 0 Å². The van der Waals surface area contributed by atoms with Crippen molar-refractivity contribution in [2.45, 2.75) is 20.8 Å². The monoisotopic (exact) mass is 545 g/mol. The van der Waals surface area contributed by atoms with E-state index in [0.29, 0.717) is 5.41 Å². The van der Waals surface area contributed by atoms with Gasteiger partial charge in [-0.1, -0.05) is 26.8 Å². The zero-order chi connectivity index (χ0) is 13.6. The summed E-state index contributed by atoms with van der Waals surface area (Å²) in [5.41, 5.74) is 0.423. The van der Waals surface area contributed by atoms with E-state index >= 15 is 0 Å². The Balaban J connectivity index is -0.000000125. The van der Waals surface area contributed by atoms with E-state index in [4.69, 9.17) is 0 Å². The third-order valence-corrected chi connectivity index (χ3v) is 3.53. The first-order valence-electron chi connectivity index (χ1n) is 6.48. The Kier molecular flexibility index (Phi) is 21.8. The first kappa shape index (κ1) is 30.8. The second-order valence-corrected chi connectivity index (χ2v) is 8.51. The van der Waals surface area contributed by atoms with E-state index < -0.39 is 0 Å². The van der Waals surface area contributed by atoms with Crippen molar-refractivity contribution in [3.05, 3.63) is 48.9 Å². The van der Waals surface area contributed by atoms with Gasteiger partial charge in [-0.15, -0.1) is 37.6 Å². The van der Waals surface area contributed by atoms with Gasteiger partial charge < -0.3 is 43.6 Å². The standard InChI is InChI=1S/C9H7.C8H18P.3ClH.Hf/c1-2-5-9-7-3-6-8(9)4-1;1-8(2,3)6-7-9(4)5;;;;/h1-7H;6H,7H2,1-5H3;3*1H;/q2*-1;;;;+4/p-3. The fraction of sp³-hybridized carbons (Fsp3) is 0.412. The third-order valence-electron chi connectivity index (χ3n) is 2.62. The van der Waals surface area contributed by atoms with Crippen molar-refractivity contribution in [2.75, 3.05) is 19.5 Å². The number of fused-ring (bicyclic) bond motifs is 1. The van der Waals surface area contributed by atoms with E-state index in [0.717, 1.165) is 0 Å². The molecule has 0 radical (unpaired) electrons. The Morgan fingerprint density at radius 1 is 1.00 bits per heavy atom. The molecule has 0 aliphatic rings. The summed E-state index contributed by atoms with van der Waals surface area (Å²) >= 11 is 0. The van der Waals surface area contributed by atoms with Gasteiger partial charge >= 0.3 is 25.8 Å². The minimum Gasteiger partial charge on any atom is -1.00 e. The average molecular weight is 545 g/mol. The summed E-state index contributed by atoms with van der Waals surface area (Å²) in [6, 6.07) is 14.7. The van der Waals surface area contributed by atoms with E-state index in [2.05, 4.69) is 83.0 Å². The number of hydrogen-bond acceptors (Lipinski definition) is 0. The molecule has 2 rings (SSSR count). The SMILES string of the molecule is CP(C)C[CH-]C(C)(C)C.[Cl-].[Cl-].[Cl-].[Hf+4].c1ccc2[cH-]ccc2c1. The van der Waals surface area contributed by atoms with Crippen molar-refractivity contribution in [1.82, 2.24) is 0 Å². The fourth-order valence-electron chi connectivity index (χ4n) is 1.53. The summed E-state index contributed by atoms with van der Waals surface area (Å²) in [6.45, 7) is 11.4. The molecule has 0 nitrogen and oxygen atoms in total. The molecule has 2 aromatic rings. The van der Waals surface area contributed by atoms with Crippen LogP contribution in [0.4, 0.5) is 0 Å². The Morgan fingerprint density at radius 3 is 1.95 bits per heavy atom. The summed E-state index contributed by atoms with van der Waals surface area (Å²) in [5, 5.41) is 2.66. The van der Waals surface area contributed by atoms with Gasteiger partial charge in [-0.05, 0) is 13.3 Å². The molecule has 0 N–H and O–H groups in total. The first-order valence-corrected chi connectivity index (χ1v) is 8.90. The molecule has 5 heteroatoms. The van der Waals surface area contributed by atoms with E-state index in [1.54, 1.807) is 0 Å². The van der Waals surface area contributed by atoms with Crippen molar-refractivity contribution in [3.63, 3.8) is 0 Å². The Bertz CT molecular complexity index is 434. The molecule has 0 aliphatic heterocycles. The molecule has 0 amide bonds. The maximum atomic E-state index is 2.42. The number of halogens is 3. The summed E-state index contributed by atoms with van der Waals surface area (Å²) in [6.07, 6.45) is 3.72. The van der Waals surface area contributed by atoms with Gasteiger partial charge in [0.2, 0.25) is 0 Å². The van der Waals surface area contributed by atoms with Crippen LogP contribution in [0, 0.1) is 11.8 Å². The topological polar surface area (TPSA) is 0 Å². The average Bonchev–Trinajstić information content (AvgIpc) is 2.74. The van der Waals surface area contributed by atoms with E-state index in [1.807, 2.05) is 0 Å². The van der Waals surface area contributed by atoms with Gasteiger partial charge in [0.15, 0.2) is 0 Å². The zero-order valence-corrected chi connectivity index (χ0v) is 20.7. The van der Waals surface area contributed by atoms with Crippen molar-refractivity contribution in [2.24, 2.45) is 5.41 Å². The summed E-state index contributed by atoms with van der Waals surface area (Å²) in [5.74, 6) is 0. The molecule has 0 spiro atoms. The van der Waals surface area contributed by atoms with Crippen LogP contribution in [-0.2, 0) is 25.8 Å². The van der Waals surface area contributed by atoms with Crippen LogP contribution >= 0.6 is 7.92 Å². The largest absolute Gasteiger partial charge is 4.00 e. The molecule has 2 aromatic carbocycles. The minimum atomic E-state index is 0. The summed E-state index contributed by atoms with van der Waals surface area (Å²) in [4.78, 5) is 0. The van der Waals surface area contributed by atoms with Gasteiger partial charge in [-0.3, -0.25) is 0 Å². The van der Waals surface area contributed by atoms with Crippen LogP contribution in [0.1, 0.15) is 20.8 Å². The summed E-state index contributed by atoms with van der Waals surface area (Å²) < 4.78 is 0. The van der Waals surface area contributed by atoms with Gasteiger partial charge in [-0.2, -0.15) is 29.1 Å². The molecule has 0 saturated heterocycles. The maximum absolute atomic E-state index is 2.42. The van der Waals surface area contributed by atoms with E-state index in [1.165, 1.54) is 16.9 Å². The van der Waals surface area contributed by atoms with Crippen LogP contribution in [0.3, 0.4) is 0 Å². The van der Waals surface area contributed by atoms with Gasteiger partial charge in [-0.25, -0.2) is 0 Å². The predicted molar refractivity (Wildman–Crippen MR) is 86.9 cm³/mol. The molecule has 0 aliphatic carbocycles. The predicted octanol–water partition coefficient (Wildman–Crippen LogP) is -3.45. The maximum Gasteiger partial charge on any atom is 4.00 e. The second-order valence-electron chi connectivity index (χ2n) is 5.99. The van der Waals surface area contributed by atoms with Crippen molar-refractivity contribution in [1.29, 1.82) is 0 Å². The Hall–Kier alpha value is 1.00. The van der Waals surface area contributed by atoms with Gasteiger partial charge in [0.05, 0.1) is 0 Å². The molecule has 0 atom stereocenters. The minimum absolute atomic E-state index is 0. The second kappa shape index (κ2) is 15.5. The number of rotatable bonds is 2. The van der Waals surface area contributed by atoms with Crippen LogP contribution < -0.4 is 37.2 Å². The summed E-state index contributed by atoms with van der Waals surface area (Å²) in [7, 11) is 0.280. The molecule has 124 valence electrons. The molecule has 22 heavy (non-hydrogen) atoms. The van der Waals surface area contributed by atoms with Gasteiger partial charge in [0.1, 0.15) is 0 Å².